The topological polar surface area (TPSA) is 62.3 Å². The van der Waals surface area contributed by atoms with Crippen molar-refractivity contribution in [3.05, 3.63) is 46.7 Å². The predicted molar refractivity (Wildman–Crippen MR) is 102 cm³/mol. The van der Waals surface area contributed by atoms with Crippen LogP contribution in [0.5, 0.6) is 0 Å². The number of hydrogen-bond donors (Lipinski definition) is 1. The van der Waals surface area contributed by atoms with Gasteiger partial charge < -0.3 is 10.2 Å². The summed E-state index contributed by atoms with van der Waals surface area (Å²) < 4.78 is 13.0. The first-order chi connectivity index (χ1) is 12.3. The monoisotopic (exact) mass is 377 g/mol. The van der Waals surface area contributed by atoms with Crippen LogP contribution in [0.3, 0.4) is 0 Å². The summed E-state index contributed by atoms with van der Waals surface area (Å²) in [5.74, 6) is -0.338. The molecule has 2 rings (SSSR count). The van der Waals surface area contributed by atoms with E-state index in [2.05, 4.69) is 24.1 Å². The van der Waals surface area contributed by atoms with Crippen LogP contribution in [0.15, 0.2) is 29.6 Å². The number of thiazole rings is 1. The van der Waals surface area contributed by atoms with Gasteiger partial charge in [0.05, 0.1) is 18.7 Å². The van der Waals surface area contributed by atoms with Crippen LogP contribution >= 0.6 is 11.3 Å². The molecule has 0 spiro atoms. The molecule has 1 N–H and O–H groups in total. The van der Waals surface area contributed by atoms with E-state index in [0.717, 1.165) is 17.7 Å². The number of rotatable bonds is 8. The first-order valence-electron chi connectivity index (χ1n) is 8.57. The number of carbonyl (C=O) groups is 2. The minimum absolute atomic E-state index is 0.0224. The third-order valence-corrected chi connectivity index (χ3v) is 4.67. The third kappa shape index (κ3) is 6.55. The van der Waals surface area contributed by atoms with Crippen molar-refractivity contribution in [1.29, 1.82) is 0 Å². The van der Waals surface area contributed by atoms with Gasteiger partial charge in [0.1, 0.15) is 5.82 Å². The molecule has 5 nitrogen and oxygen atoms in total. The number of hydrogen-bond acceptors (Lipinski definition) is 4. The SMILES string of the molecule is Cc1csc(NC(=O)CN(CCC(C)C)C(=O)Cc2ccc(F)cc2)n1. The minimum Gasteiger partial charge on any atom is -0.333 e. The first kappa shape index (κ1) is 20.0. The second-order valence-corrected chi connectivity index (χ2v) is 7.50. The number of carbonyl (C=O) groups excluding carboxylic acids is 2. The average molecular weight is 377 g/mol. The molecule has 0 fully saturated rings. The van der Waals surface area contributed by atoms with Gasteiger partial charge in [0.2, 0.25) is 11.8 Å². The van der Waals surface area contributed by atoms with Crippen molar-refractivity contribution in [2.24, 2.45) is 5.92 Å². The number of halogens is 1. The highest BCUT2D eigenvalue weighted by Crippen LogP contribution is 2.14. The van der Waals surface area contributed by atoms with Crippen LogP contribution in [-0.2, 0) is 16.0 Å². The fraction of sp³-hybridized carbons (Fsp3) is 0.421. The van der Waals surface area contributed by atoms with Gasteiger partial charge in [0.15, 0.2) is 5.13 Å². The fourth-order valence-corrected chi connectivity index (χ4v) is 3.04. The predicted octanol–water partition coefficient (Wildman–Crippen LogP) is 3.65. The van der Waals surface area contributed by atoms with Crippen molar-refractivity contribution >= 4 is 28.3 Å². The van der Waals surface area contributed by atoms with Gasteiger partial charge in [-0.25, -0.2) is 9.37 Å². The van der Waals surface area contributed by atoms with Gasteiger partial charge in [-0.1, -0.05) is 26.0 Å². The highest BCUT2D eigenvalue weighted by Gasteiger charge is 2.18. The van der Waals surface area contributed by atoms with E-state index in [0.29, 0.717) is 17.6 Å². The fourth-order valence-electron chi connectivity index (χ4n) is 2.34. The molecule has 1 heterocycles. The van der Waals surface area contributed by atoms with Gasteiger partial charge in [0, 0.05) is 11.9 Å². The Kier molecular flexibility index (Phi) is 7.26. The Bertz CT molecular complexity index is 743. The lowest BCUT2D eigenvalue weighted by molar-refractivity contribution is -0.134. The molecule has 2 amide bonds. The van der Waals surface area contributed by atoms with Crippen molar-refractivity contribution in [3.8, 4) is 0 Å². The quantitative estimate of drug-likeness (QED) is 0.764. The number of benzene rings is 1. The van der Waals surface area contributed by atoms with Crippen molar-refractivity contribution in [2.75, 3.05) is 18.4 Å². The Morgan fingerprint density at radius 1 is 1.27 bits per heavy atom. The van der Waals surface area contributed by atoms with Crippen LogP contribution in [0.2, 0.25) is 0 Å². The molecule has 1 aromatic heterocycles. The van der Waals surface area contributed by atoms with Crippen LogP contribution < -0.4 is 5.32 Å². The molecule has 0 unspecified atom stereocenters. The summed E-state index contributed by atoms with van der Waals surface area (Å²) in [6.07, 6.45) is 0.945. The second kappa shape index (κ2) is 9.43. The molecule has 0 bridgehead atoms. The maximum atomic E-state index is 13.0. The van der Waals surface area contributed by atoms with E-state index in [1.807, 2.05) is 12.3 Å². The molecule has 0 aliphatic heterocycles. The molecule has 0 atom stereocenters. The van der Waals surface area contributed by atoms with Gasteiger partial charge in [-0.2, -0.15) is 0 Å². The molecular formula is C19H24FN3O2S. The Hall–Kier alpha value is -2.28. The van der Waals surface area contributed by atoms with E-state index in [9.17, 15) is 14.0 Å². The van der Waals surface area contributed by atoms with Crippen molar-refractivity contribution in [1.82, 2.24) is 9.88 Å². The lowest BCUT2D eigenvalue weighted by Gasteiger charge is -2.23. The zero-order valence-electron chi connectivity index (χ0n) is 15.3. The van der Waals surface area contributed by atoms with E-state index in [4.69, 9.17) is 0 Å². The maximum Gasteiger partial charge on any atom is 0.245 e. The zero-order valence-corrected chi connectivity index (χ0v) is 16.1. The number of anilines is 1. The Morgan fingerprint density at radius 3 is 2.54 bits per heavy atom. The summed E-state index contributed by atoms with van der Waals surface area (Å²) in [6, 6.07) is 5.84. The largest absolute Gasteiger partial charge is 0.333 e. The Labute approximate surface area is 157 Å². The zero-order chi connectivity index (χ0) is 19.1. The highest BCUT2D eigenvalue weighted by molar-refractivity contribution is 7.13. The smallest absolute Gasteiger partial charge is 0.245 e. The molecule has 1 aromatic carbocycles. The average Bonchev–Trinajstić information content (AvgIpc) is 2.98. The molecule has 7 heteroatoms. The molecular weight excluding hydrogens is 353 g/mol. The van der Waals surface area contributed by atoms with Crippen molar-refractivity contribution in [2.45, 2.75) is 33.6 Å². The summed E-state index contributed by atoms with van der Waals surface area (Å²) in [5, 5.41) is 5.11. The molecule has 2 aromatic rings. The van der Waals surface area contributed by atoms with Crippen LogP contribution in [0, 0.1) is 18.7 Å². The molecule has 26 heavy (non-hydrogen) atoms. The minimum atomic E-state index is -0.337. The molecule has 0 saturated carbocycles. The lowest BCUT2D eigenvalue weighted by Crippen LogP contribution is -2.39. The van der Waals surface area contributed by atoms with Gasteiger partial charge in [-0.15, -0.1) is 11.3 Å². The second-order valence-electron chi connectivity index (χ2n) is 6.64. The summed E-state index contributed by atoms with van der Waals surface area (Å²) in [4.78, 5) is 30.7. The van der Waals surface area contributed by atoms with Gasteiger partial charge >= 0.3 is 0 Å². The van der Waals surface area contributed by atoms with Gasteiger partial charge in [0.25, 0.3) is 0 Å². The van der Waals surface area contributed by atoms with E-state index < -0.39 is 0 Å². The highest BCUT2D eigenvalue weighted by atomic mass is 32.1. The summed E-state index contributed by atoms with van der Waals surface area (Å²) in [6.45, 7) is 6.47. The standard InChI is InChI=1S/C19H24FN3O2S/c1-13(2)8-9-23(11-17(24)22-19-21-14(3)12-26-19)18(25)10-15-4-6-16(20)7-5-15/h4-7,12-13H,8-11H2,1-3H3,(H,21,22,24). The van der Waals surface area contributed by atoms with E-state index in [-0.39, 0.29) is 30.6 Å². The van der Waals surface area contributed by atoms with E-state index >= 15 is 0 Å². The summed E-state index contributed by atoms with van der Waals surface area (Å²) in [5.41, 5.74) is 1.57. The van der Waals surface area contributed by atoms with E-state index in [1.165, 1.54) is 23.5 Å². The normalized spacial score (nSPS) is 10.8. The number of aromatic nitrogens is 1. The van der Waals surface area contributed by atoms with Crippen LogP contribution in [-0.4, -0.2) is 34.8 Å². The molecule has 0 radical (unpaired) electrons. The van der Waals surface area contributed by atoms with Crippen LogP contribution in [0.1, 0.15) is 31.5 Å². The maximum absolute atomic E-state index is 13.0. The Morgan fingerprint density at radius 2 is 1.96 bits per heavy atom. The van der Waals surface area contributed by atoms with Crippen LogP contribution in [0.4, 0.5) is 9.52 Å². The summed E-state index contributed by atoms with van der Waals surface area (Å²) in [7, 11) is 0. The third-order valence-electron chi connectivity index (χ3n) is 3.80. The molecule has 0 saturated heterocycles. The lowest BCUT2D eigenvalue weighted by atomic mass is 10.1. The number of amides is 2. The molecule has 140 valence electrons. The summed E-state index contributed by atoms with van der Waals surface area (Å²) >= 11 is 1.35. The van der Waals surface area contributed by atoms with Gasteiger partial charge in [-0.05, 0) is 37.0 Å². The number of nitrogens with one attached hydrogen (secondary N) is 1. The van der Waals surface area contributed by atoms with Crippen molar-refractivity contribution in [3.63, 3.8) is 0 Å². The van der Waals surface area contributed by atoms with Crippen LogP contribution in [0.25, 0.3) is 0 Å². The Balaban J connectivity index is 2.00. The molecule has 0 aliphatic carbocycles. The van der Waals surface area contributed by atoms with E-state index in [1.54, 1.807) is 17.0 Å². The molecule has 0 aliphatic rings. The first-order valence-corrected chi connectivity index (χ1v) is 9.45. The van der Waals surface area contributed by atoms with Gasteiger partial charge in [-0.3, -0.25) is 9.59 Å². The number of nitrogens with zero attached hydrogens (tertiary/aromatic N) is 2. The van der Waals surface area contributed by atoms with Crippen molar-refractivity contribution < 1.29 is 14.0 Å². The number of aryl methyl sites for hydroxylation is 1.